The number of halogens is 1. The number of aryl methyl sites for hydroxylation is 2. The molecule has 1 N–H and O–H groups in total. The number of benzene rings is 2. The largest absolute Gasteiger partial charge is 0.360 e. The fourth-order valence-corrected chi connectivity index (χ4v) is 3.80. The molecule has 5 nitrogen and oxygen atoms in total. The molecule has 0 unspecified atom stereocenters. The number of nitrogens with zero attached hydrogens (tertiary/aromatic N) is 2. The second kappa shape index (κ2) is 7.58. The van der Waals surface area contributed by atoms with Crippen molar-refractivity contribution in [3.05, 3.63) is 75.3 Å². The van der Waals surface area contributed by atoms with Gasteiger partial charge in [0.2, 0.25) is 0 Å². The van der Waals surface area contributed by atoms with Crippen LogP contribution in [0.15, 0.2) is 58.4 Å². The van der Waals surface area contributed by atoms with E-state index in [9.17, 15) is 4.79 Å². The number of thiazole rings is 1. The average molecular weight is 410 g/mol. The van der Waals surface area contributed by atoms with Crippen molar-refractivity contribution in [1.82, 2.24) is 10.1 Å². The van der Waals surface area contributed by atoms with E-state index in [1.165, 1.54) is 0 Å². The molecular formula is C21H16ClN3O2S. The molecule has 0 radical (unpaired) electrons. The third kappa shape index (κ3) is 3.44. The first-order valence-corrected chi connectivity index (χ1v) is 9.84. The Morgan fingerprint density at radius 1 is 1.07 bits per heavy atom. The first-order valence-electron chi connectivity index (χ1n) is 8.58. The SMILES string of the molecule is Cc1nc(-c2ccccc2NC(=O)c2c(-c3ccccc3Cl)noc2C)cs1. The highest BCUT2D eigenvalue weighted by Gasteiger charge is 2.24. The first kappa shape index (κ1) is 18.4. The van der Waals surface area contributed by atoms with Crippen LogP contribution in [0.2, 0.25) is 5.02 Å². The molecule has 4 aromatic rings. The van der Waals surface area contributed by atoms with Crippen LogP contribution in [-0.2, 0) is 0 Å². The van der Waals surface area contributed by atoms with E-state index in [0.717, 1.165) is 16.3 Å². The van der Waals surface area contributed by atoms with Crippen molar-refractivity contribution in [2.24, 2.45) is 0 Å². The normalized spacial score (nSPS) is 10.8. The van der Waals surface area contributed by atoms with Gasteiger partial charge >= 0.3 is 0 Å². The minimum atomic E-state index is -0.312. The molecule has 0 aliphatic heterocycles. The lowest BCUT2D eigenvalue weighted by Gasteiger charge is -2.10. The molecule has 0 atom stereocenters. The Kier molecular flexibility index (Phi) is 4.98. The minimum Gasteiger partial charge on any atom is -0.360 e. The van der Waals surface area contributed by atoms with E-state index in [-0.39, 0.29) is 5.91 Å². The van der Waals surface area contributed by atoms with Crippen LogP contribution in [0, 0.1) is 13.8 Å². The molecule has 1 amide bonds. The Labute approximate surface area is 171 Å². The van der Waals surface area contributed by atoms with Crippen LogP contribution in [0.25, 0.3) is 22.5 Å². The smallest absolute Gasteiger partial charge is 0.261 e. The fraction of sp³-hybridized carbons (Fsp3) is 0.0952. The highest BCUT2D eigenvalue weighted by Crippen LogP contribution is 2.33. The summed E-state index contributed by atoms with van der Waals surface area (Å²) in [6.07, 6.45) is 0. The van der Waals surface area contributed by atoms with Gasteiger partial charge in [0.15, 0.2) is 0 Å². The van der Waals surface area contributed by atoms with E-state index in [1.54, 1.807) is 24.3 Å². The lowest BCUT2D eigenvalue weighted by molar-refractivity contribution is 0.102. The van der Waals surface area contributed by atoms with Crippen molar-refractivity contribution >= 4 is 34.5 Å². The minimum absolute atomic E-state index is 0.312. The number of amides is 1. The van der Waals surface area contributed by atoms with Crippen LogP contribution in [0.3, 0.4) is 0 Å². The number of carbonyl (C=O) groups excluding carboxylic acids is 1. The quantitative estimate of drug-likeness (QED) is 0.449. The van der Waals surface area contributed by atoms with Gasteiger partial charge in [0.1, 0.15) is 17.0 Å². The number of para-hydroxylation sites is 1. The monoisotopic (exact) mass is 409 g/mol. The number of nitrogens with one attached hydrogen (secondary N) is 1. The van der Waals surface area contributed by atoms with Gasteiger partial charge < -0.3 is 9.84 Å². The van der Waals surface area contributed by atoms with E-state index in [4.69, 9.17) is 16.1 Å². The second-order valence-corrected chi connectivity index (χ2v) is 7.66. The van der Waals surface area contributed by atoms with Crippen LogP contribution < -0.4 is 5.32 Å². The molecule has 140 valence electrons. The summed E-state index contributed by atoms with van der Waals surface area (Å²) >= 11 is 7.86. The van der Waals surface area contributed by atoms with E-state index < -0.39 is 0 Å². The zero-order chi connectivity index (χ0) is 19.7. The number of carbonyl (C=O) groups is 1. The third-order valence-electron chi connectivity index (χ3n) is 4.29. The van der Waals surface area contributed by atoms with Gasteiger partial charge in [-0.2, -0.15) is 0 Å². The topological polar surface area (TPSA) is 68.0 Å². The summed E-state index contributed by atoms with van der Waals surface area (Å²) in [6.45, 7) is 3.66. The molecule has 0 aliphatic carbocycles. The molecule has 0 saturated heterocycles. The average Bonchev–Trinajstić information content (AvgIpc) is 3.28. The van der Waals surface area contributed by atoms with Gasteiger partial charge in [0.05, 0.1) is 21.4 Å². The molecule has 2 heterocycles. The van der Waals surface area contributed by atoms with E-state index >= 15 is 0 Å². The van der Waals surface area contributed by atoms with Crippen molar-refractivity contribution in [3.8, 4) is 22.5 Å². The Bertz CT molecular complexity index is 1170. The molecule has 4 rings (SSSR count). The Morgan fingerprint density at radius 3 is 2.50 bits per heavy atom. The van der Waals surface area contributed by atoms with Crippen molar-refractivity contribution < 1.29 is 9.32 Å². The van der Waals surface area contributed by atoms with Gasteiger partial charge in [0, 0.05) is 16.5 Å². The maximum atomic E-state index is 13.1. The van der Waals surface area contributed by atoms with E-state index in [2.05, 4.69) is 15.5 Å². The molecule has 0 aliphatic rings. The summed E-state index contributed by atoms with van der Waals surface area (Å²) in [6, 6.07) is 14.8. The van der Waals surface area contributed by atoms with Crippen molar-refractivity contribution in [2.75, 3.05) is 5.32 Å². The zero-order valence-corrected chi connectivity index (χ0v) is 16.8. The van der Waals surface area contributed by atoms with Gasteiger partial charge in [-0.1, -0.05) is 53.2 Å². The molecule has 2 aromatic carbocycles. The number of rotatable bonds is 4. The molecule has 7 heteroatoms. The lowest BCUT2D eigenvalue weighted by Crippen LogP contribution is -2.14. The number of aromatic nitrogens is 2. The van der Waals surface area contributed by atoms with Gasteiger partial charge in [-0.25, -0.2) is 4.98 Å². The van der Waals surface area contributed by atoms with Crippen molar-refractivity contribution in [1.29, 1.82) is 0 Å². The van der Waals surface area contributed by atoms with Gasteiger partial charge in [-0.05, 0) is 26.0 Å². The molecule has 0 spiro atoms. The fourth-order valence-electron chi connectivity index (χ4n) is 2.96. The highest BCUT2D eigenvalue weighted by atomic mass is 35.5. The third-order valence-corrected chi connectivity index (χ3v) is 5.39. The highest BCUT2D eigenvalue weighted by molar-refractivity contribution is 7.09. The molecule has 2 aromatic heterocycles. The predicted octanol–water partition coefficient (Wildman–Crippen LogP) is 5.99. The van der Waals surface area contributed by atoms with Crippen LogP contribution in [-0.4, -0.2) is 16.0 Å². The van der Waals surface area contributed by atoms with Crippen LogP contribution in [0.5, 0.6) is 0 Å². The van der Waals surface area contributed by atoms with Gasteiger partial charge in [0.25, 0.3) is 5.91 Å². The maximum Gasteiger partial charge on any atom is 0.261 e. The summed E-state index contributed by atoms with van der Waals surface area (Å²) in [5, 5.41) is 10.5. The Morgan fingerprint density at radius 2 is 1.79 bits per heavy atom. The number of hydrogen-bond acceptors (Lipinski definition) is 5. The van der Waals surface area contributed by atoms with Crippen LogP contribution >= 0.6 is 22.9 Å². The first-order chi connectivity index (χ1) is 13.5. The van der Waals surface area contributed by atoms with Gasteiger partial charge in [-0.3, -0.25) is 4.79 Å². The van der Waals surface area contributed by atoms with Gasteiger partial charge in [-0.15, -0.1) is 11.3 Å². The Hall–Kier alpha value is -2.96. The second-order valence-electron chi connectivity index (χ2n) is 6.19. The summed E-state index contributed by atoms with van der Waals surface area (Å²) < 4.78 is 5.30. The lowest BCUT2D eigenvalue weighted by atomic mass is 10.0. The summed E-state index contributed by atoms with van der Waals surface area (Å²) in [5.41, 5.74) is 3.78. The van der Waals surface area contributed by atoms with Crippen molar-refractivity contribution in [3.63, 3.8) is 0 Å². The maximum absolute atomic E-state index is 13.1. The predicted molar refractivity (Wildman–Crippen MR) is 112 cm³/mol. The summed E-state index contributed by atoms with van der Waals surface area (Å²) in [5.74, 6) is 0.113. The zero-order valence-electron chi connectivity index (χ0n) is 15.2. The van der Waals surface area contributed by atoms with Crippen LogP contribution in [0.4, 0.5) is 5.69 Å². The number of anilines is 1. The summed E-state index contributed by atoms with van der Waals surface area (Å²) in [4.78, 5) is 17.6. The van der Waals surface area contributed by atoms with E-state index in [0.29, 0.717) is 33.3 Å². The van der Waals surface area contributed by atoms with Crippen molar-refractivity contribution in [2.45, 2.75) is 13.8 Å². The molecule has 0 fully saturated rings. The number of hydrogen-bond donors (Lipinski definition) is 1. The molecular weight excluding hydrogens is 394 g/mol. The Balaban J connectivity index is 1.72. The standard InChI is InChI=1S/C21H16ClN3O2S/c1-12-19(20(25-27-12)14-7-3-5-9-16(14)22)21(26)24-17-10-6-4-8-15(17)18-11-28-13(2)23-18/h3-11H,1-2H3,(H,24,26). The molecule has 28 heavy (non-hydrogen) atoms. The summed E-state index contributed by atoms with van der Waals surface area (Å²) in [7, 11) is 0. The molecule has 0 saturated carbocycles. The van der Waals surface area contributed by atoms with Crippen LogP contribution in [0.1, 0.15) is 21.1 Å². The molecule has 0 bridgehead atoms. The van der Waals surface area contributed by atoms with E-state index in [1.807, 2.05) is 54.8 Å².